The van der Waals surface area contributed by atoms with Crippen molar-refractivity contribution in [1.82, 2.24) is 9.55 Å². The number of halogens is 2. The number of hydrogen-bond acceptors (Lipinski definition) is 6. The van der Waals surface area contributed by atoms with Gasteiger partial charge in [0.05, 0.1) is 34.4 Å². The molecule has 0 aliphatic carbocycles. The van der Waals surface area contributed by atoms with Crippen molar-refractivity contribution < 1.29 is 19.8 Å². The second-order valence-electron chi connectivity index (χ2n) is 9.86. The topological polar surface area (TPSA) is 114 Å². The summed E-state index contributed by atoms with van der Waals surface area (Å²) >= 11 is 12.3. The molecule has 1 N–H and O–H groups in total. The van der Waals surface area contributed by atoms with Gasteiger partial charge in [-0.3, -0.25) is 10.1 Å². The van der Waals surface area contributed by atoms with Crippen LogP contribution in [-0.2, 0) is 4.74 Å². The largest absolute Gasteiger partial charge is 0.378 e. The molecule has 43 heavy (non-hydrogen) atoms. The van der Waals surface area contributed by atoms with Crippen molar-refractivity contribution in [2.45, 2.75) is 0 Å². The van der Waals surface area contributed by atoms with Gasteiger partial charge in [-0.15, -0.1) is 0 Å². The highest BCUT2D eigenvalue weighted by molar-refractivity contribution is 6.33. The number of rotatable bonds is 7. The third-order valence-corrected chi connectivity index (χ3v) is 7.93. The van der Waals surface area contributed by atoms with Crippen molar-refractivity contribution in [2.24, 2.45) is 0 Å². The molecule has 3 aromatic carbocycles. The van der Waals surface area contributed by atoms with Gasteiger partial charge < -0.3 is 14.2 Å². The Morgan fingerprint density at radius 1 is 0.767 bits per heavy atom. The molecule has 1 fully saturated rings. The number of nitrogens with zero attached hydrogens (tertiary/aromatic N) is 5. The molecule has 12 heteroatoms. The molecule has 1 aliphatic heterocycles. The first kappa shape index (κ1) is 28.4. The van der Waals surface area contributed by atoms with Gasteiger partial charge in [-0.1, -0.05) is 47.5 Å². The molecule has 0 radical (unpaired) electrons. The van der Waals surface area contributed by atoms with Gasteiger partial charge >= 0.3 is 5.69 Å². The van der Waals surface area contributed by atoms with Crippen molar-refractivity contribution in [2.75, 3.05) is 31.2 Å². The molecule has 6 rings (SSSR count). The Labute approximate surface area is 256 Å². The van der Waals surface area contributed by atoms with Crippen molar-refractivity contribution in [1.29, 1.82) is 0 Å². The van der Waals surface area contributed by atoms with Crippen LogP contribution in [0.3, 0.4) is 0 Å². The smallest absolute Gasteiger partial charge is 0.335 e. The first-order valence-electron chi connectivity index (χ1n) is 13.3. The lowest BCUT2D eigenvalue weighted by Gasteiger charge is -2.27. The minimum absolute atomic E-state index is 0.0305. The van der Waals surface area contributed by atoms with E-state index in [4.69, 9.17) is 27.9 Å². The van der Waals surface area contributed by atoms with E-state index in [-0.39, 0.29) is 26.3 Å². The maximum atomic E-state index is 11.8. The summed E-state index contributed by atoms with van der Waals surface area (Å²) in [5.41, 5.74) is 4.69. The molecule has 5 aromatic rings. The van der Waals surface area contributed by atoms with Gasteiger partial charge in [-0.2, -0.15) is 0 Å². The van der Waals surface area contributed by atoms with Crippen LogP contribution in [0.25, 0.3) is 39.3 Å². The second-order valence-corrected chi connectivity index (χ2v) is 10.7. The van der Waals surface area contributed by atoms with E-state index in [1.807, 2.05) is 59.3 Å². The average Bonchev–Trinajstić information content (AvgIpc) is 3.47. The molecule has 0 bridgehead atoms. The van der Waals surface area contributed by atoms with Crippen molar-refractivity contribution in [3.8, 4) is 39.3 Å². The van der Waals surface area contributed by atoms with Crippen LogP contribution < -0.4 is 4.90 Å². The van der Waals surface area contributed by atoms with Gasteiger partial charge in [0, 0.05) is 53.8 Å². The van der Waals surface area contributed by atoms with Crippen LogP contribution in [0.2, 0.25) is 10.0 Å². The van der Waals surface area contributed by atoms with Gasteiger partial charge in [-0.05, 0) is 54.1 Å². The number of pyridine rings is 1. The Hall–Kier alpha value is -4.77. The van der Waals surface area contributed by atoms with Crippen LogP contribution in [0.5, 0.6) is 0 Å². The molecule has 1 aliphatic rings. The molecular weight excluding hydrogens is 593 g/mol. The molecule has 0 spiro atoms. The summed E-state index contributed by atoms with van der Waals surface area (Å²) < 4.78 is 7.37. The number of morpholine rings is 1. The Bertz CT molecular complexity index is 1770. The number of aromatic nitrogens is 2. The average molecular weight is 617 g/mol. The molecule has 2 aromatic heterocycles. The minimum Gasteiger partial charge on any atom is -0.378 e. The number of benzene rings is 3. The Balaban J connectivity index is 1.48. The number of nitro groups is 1. The maximum Gasteiger partial charge on any atom is 0.335 e. The van der Waals surface area contributed by atoms with E-state index in [0.29, 0.717) is 35.7 Å². The SMILES string of the molecule is O=[N+]([O-])c1cc(-c2ccc(-c3ccc(Cl)c([N+](=O)O)c3)n2-c2cccc(-c3ccc(N4CCOCC4)nc3)c2)ccc1Cl. The number of anilines is 1. The van der Waals surface area contributed by atoms with Gasteiger partial charge in [0.25, 0.3) is 10.6 Å². The zero-order valence-electron chi connectivity index (χ0n) is 22.6. The quantitative estimate of drug-likeness (QED) is 0.147. The van der Waals surface area contributed by atoms with Crippen LogP contribution in [0.1, 0.15) is 0 Å². The zero-order valence-corrected chi connectivity index (χ0v) is 24.1. The monoisotopic (exact) mass is 616 g/mol. The number of hydrogen-bond donors (Lipinski definition) is 1. The standard InChI is InChI=1S/C31H24Cl2N5O5/c32-25-7-4-21(17-29(25)37(39)40)27-9-10-28(22-5-8-26(33)30(18-22)38(41)42)36(27)24-3-1-2-20(16-24)23-6-11-31(34-19-23)35-12-14-43-15-13-35/h1-11,16-19H,12-15H2,(H,39,40)/q+1. The lowest BCUT2D eigenvalue weighted by molar-refractivity contribution is -0.729. The Morgan fingerprint density at radius 2 is 1.40 bits per heavy atom. The fraction of sp³-hybridized carbons (Fsp3) is 0.129. The van der Waals surface area contributed by atoms with Gasteiger partial charge in [0.1, 0.15) is 15.9 Å². The lowest BCUT2D eigenvalue weighted by atomic mass is 10.1. The molecule has 3 heterocycles. The van der Waals surface area contributed by atoms with E-state index in [9.17, 15) is 20.2 Å². The van der Waals surface area contributed by atoms with Crippen LogP contribution in [0.4, 0.5) is 17.2 Å². The van der Waals surface area contributed by atoms with Crippen LogP contribution in [-0.4, -0.2) is 50.9 Å². The first-order valence-corrected chi connectivity index (χ1v) is 14.1. The highest BCUT2D eigenvalue weighted by Gasteiger charge is 2.23. The first-order chi connectivity index (χ1) is 20.8. The molecule has 0 amide bonds. The summed E-state index contributed by atoms with van der Waals surface area (Å²) in [4.78, 5) is 29.5. The number of ether oxygens (including phenoxy) is 1. The van der Waals surface area contributed by atoms with Gasteiger partial charge in [-0.25, -0.2) is 10.2 Å². The van der Waals surface area contributed by atoms with E-state index < -0.39 is 4.92 Å². The predicted octanol–water partition coefficient (Wildman–Crippen LogP) is 7.72. The van der Waals surface area contributed by atoms with E-state index in [1.165, 1.54) is 24.3 Å². The van der Waals surface area contributed by atoms with Crippen molar-refractivity contribution in [3.63, 3.8) is 0 Å². The summed E-state index contributed by atoms with van der Waals surface area (Å²) in [7, 11) is 0. The molecule has 1 saturated heterocycles. The van der Waals surface area contributed by atoms with Crippen molar-refractivity contribution in [3.05, 3.63) is 116 Å². The van der Waals surface area contributed by atoms with Crippen LogP contribution in [0.15, 0.2) is 91.1 Å². The van der Waals surface area contributed by atoms with Crippen LogP contribution >= 0.6 is 23.2 Å². The maximum absolute atomic E-state index is 11.8. The Morgan fingerprint density at radius 3 is 2.00 bits per heavy atom. The fourth-order valence-electron chi connectivity index (χ4n) is 5.16. The summed E-state index contributed by atoms with van der Waals surface area (Å²) in [6, 6.07) is 24.8. The molecule has 216 valence electrons. The second kappa shape index (κ2) is 11.8. The normalized spacial score (nSPS) is 13.2. The summed E-state index contributed by atoms with van der Waals surface area (Å²) in [6.45, 7) is 2.92. The van der Waals surface area contributed by atoms with E-state index >= 15 is 0 Å². The fourth-order valence-corrected chi connectivity index (χ4v) is 5.53. The molecule has 10 nitrogen and oxygen atoms in total. The van der Waals surface area contributed by atoms with Crippen molar-refractivity contribution >= 4 is 40.4 Å². The third kappa shape index (κ3) is 5.68. The van der Waals surface area contributed by atoms with E-state index in [1.54, 1.807) is 12.1 Å². The minimum atomic E-state index is -0.524. The molecular formula is C31H24Cl2N5O5+. The van der Waals surface area contributed by atoms with Crippen LogP contribution in [0, 0.1) is 15.0 Å². The Kier molecular flexibility index (Phi) is 7.81. The lowest BCUT2D eigenvalue weighted by Crippen LogP contribution is -2.36. The highest BCUT2D eigenvalue weighted by atomic mass is 35.5. The summed E-state index contributed by atoms with van der Waals surface area (Å²) in [5.74, 6) is 0.886. The summed E-state index contributed by atoms with van der Waals surface area (Å²) in [5, 5.41) is 21.4. The van der Waals surface area contributed by atoms with Gasteiger partial charge in [0.2, 0.25) is 0 Å². The highest BCUT2D eigenvalue weighted by Crippen LogP contribution is 2.38. The van der Waals surface area contributed by atoms with E-state index in [0.717, 1.165) is 35.7 Å². The third-order valence-electron chi connectivity index (χ3n) is 7.29. The number of nitro benzene ring substituents is 1. The molecule has 0 saturated carbocycles. The van der Waals surface area contributed by atoms with Gasteiger partial charge in [0.15, 0.2) is 0 Å². The zero-order chi connectivity index (χ0) is 30.1. The predicted molar refractivity (Wildman–Crippen MR) is 165 cm³/mol. The van der Waals surface area contributed by atoms with E-state index in [2.05, 4.69) is 9.88 Å². The molecule has 0 atom stereocenters. The molecule has 0 unspecified atom stereocenters. The summed E-state index contributed by atoms with van der Waals surface area (Å²) in [6.07, 6.45) is 1.83.